The maximum absolute atomic E-state index is 11.9. The van der Waals surface area contributed by atoms with Crippen LogP contribution in [0.5, 0.6) is 0 Å². The van der Waals surface area contributed by atoms with Gasteiger partial charge in [0.1, 0.15) is 6.23 Å². The molecule has 1 fully saturated rings. The third-order valence-electron chi connectivity index (χ3n) is 2.64. The second kappa shape index (κ2) is 4.91. The maximum Gasteiger partial charge on any atom is 0.261 e. The number of hydrogen-bond acceptors (Lipinski definition) is 4. The molecular weight excluding hydrogens is 254 g/mol. The van der Waals surface area contributed by atoms with Crippen LogP contribution in [0.15, 0.2) is 35.7 Å². The number of carbonyl (C=O) groups excluding carboxylic acids is 1. The van der Waals surface area contributed by atoms with Crippen molar-refractivity contribution in [3.05, 3.63) is 41.3 Å². The molecule has 1 atom stereocenters. The SMILES string of the molecule is O=C1CCC(O)N1S(=O)(=O)C=Cc1ccccc1. The van der Waals surface area contributed by atoms with Gasteiger partial charge in [-0.25, -0.2) is 12.7 Å². The van der Waals surface area contributed by atoms with Crippen LogP contribution >= 0.6 is 0 Å². The van der Waals surface area contributed by atoms with Gasteiger partial charge in [0.15, 0.2) is 0 Å². The molecule has 96 valence electrons. The van der Waals surface area contributed by atoms with Crippen LogP contribution < -0.4 is 0 Å². The molecule has 0 spiro atoms. The molecule has 5 nitrogen and oxygen atoms in total. The van der Waals surface area contributed by atoms with Crippen LogP contribution in [-0.4, -0.2) is 30.0 Å². The Morgan fingerprint density at radius 2 is 1.94 bits per heavy atom. The van der Waals surface area contributed by atoms with Gasteiger partial charge in [-0.2, -0.15) is 0 Å². The zero-order valence-corrected chi connectivity index (χ0v) is 10.4. The average molecular weight is 267 g/mol. The molecule has 1 aliphatic heterocycles. The molecule has 1 saturated heterocycles. The molecule has 1 aromatic rings. The van der Waals surface area contributed by atoms with Gasteiger partial charge >= 0.3 is 0 Å². The Morgan fingerprint density at radius 3 is 2.50 bits per heavy atom. The van der Waals surface area contributed by atoms with Gasteiger partial charge in [-0.05, 0) is 11.6 Å². The smallest absolute Gasteiger partial charge is 0.261 e. The summed E-state index contributed by atoms with van der Waals surface area (Å²) in [5.41, 5.74) is 0.710. The van der Waals surface area contributed by atoms with Gasteiger partial charge in [0, 0.05) is 12.8 Å². The van der Waals surface area contributed by atoms with Crippen molar-refractivity contribution in [1.29, 1.82) is 0 Å². The Morgan fingerprint density at radius 1 is 1.28 bits per heavy atom. The van der Waals surface area contributed by atoms with Gasteiger partial charge < -0.3 is 5.11 Å². The number of aliphatic hydroxyl groups excluding tert-OH is 1. The number of sulfonamides is 1. The lowest BCUT2D eigenvalue weighted by Gasteiger charge is -2.17. The van der Waals surface area contributed by atoms with Crippen molar-refractivity contribution < 1.29 is 18.3 Å². The van der Waals surface area contributed by atoms with Crippen LogP contribution in [0.1, 0.15) is 18.4 Å². The highest BCUT2D eigenvalue weighted by atomic mass is 32.2. The number of aliphatic hydroxyl groups is 1. The van der Waals surface area contributed by atoms with Crippen LogP contribution in [0.2, 0.25) is 0 Å². The standard InChI is InChI=1S/C12H13NO4S/c14-11-6-7-12(15)13(11)18(16,17)9-8-10-4-2-1-3-5-10/h1-5,8-9,11,14H,6-7H2. The molecule has 18 heavy (non-hydrogen) atoms. The van der Waals surface area contributed by atoms with E-state index in [4.69, 9.17) is 0 Å². The number of benzene rings is 1. The van der Waals surface area contributed by atoms with E-state index in [1.165, 1.54) is 6.08 Å². The summed E-state index contributed by atoms with van der Waals surface area (Å²) < 4.78 is 24.3. The Balaban J connectivity index is 2.22. The van der Waals surface area contributed by atoms with Crippen LogP contribution in [0.3, 0.4) is 0 Å². The highest BCUT2D eigenvalue weighted by molar-refractivity contribution is 7.92. The van der Waals surface area contributed by atoms with Gasteiger partial charge in [-0.1, -0.05) is 30.3 Å². The lowest BCUT2D eigenvalue weighted by atomic mass is 10.2. The predicted molar refractivity (Wildman–Crippen MR) is 66.5 cm³/mol. The van der Waals surface area contributed by atoms with Gasteiger partial charge in [0.25, 0.3) is 10.0 Å². The molecule has 1 heterocycles. The van der Waals surface area contributed by atoms with E-state index in [0.29, 0.717) is 9.87 Å². The summed E-state index contributed by atoms with van der Waals surface area (Å²) >= 11 is 0. The second-order valence-electron chi connectivity index (χ2n) is 3.97. The summed E-state index contributed by atoms with van der Waals surface area (Å²) in [5.74, 6) is -0.569. The first-order valence-corrected chi connectivity index (χ1v) is 6.99. The number of hydrogen-bond donors (Lipinski definition) is 1. The quantitative estimate of drug-likeness (QED) is 0.884. The molecule has 1 amide bonds. The van der Waals surface area contributed by atoms with Crippen molar-refractivity contribution in [2.75, 3.05) is 0 Å². The third-order valence-corrected chi connectivity index (χ3v) is 4.11. The lowest BCUT2D eigenvalue weighted by Crippen LogP contribution is -2.37. The van der Waals surface area contributed by atoms with Crippen LogP contribution in [0.25, 0.3) is 6.08 Å². The van der Waals surface area contributed by atoms with Gasteiger partial charge in [-0.3, -0.25) is 4.79 Å². The maximum atomic E-state index is 11.9. The van der Waals surface area contributed by atoms with Crippen molar-refractivity contribution in [3.63, 3.8) is 0 Å². The molecule has 0 saturated carbocycles. The van der Waals surface area contributed by atoms with E-state index in [1.807, 2.05) is 6.07 Å². The topological polar surface area (TPSA) is 74.7 Å². The second-order valence-corrected chi connectivity index (χ2v) is 5.66. The number of carbonyl (C=O) groups is 1. The van der Waals surface area contributed by atoms with Gasteiger partial charge in [0.05, 0.1) is 5.41 Å². The fourth-order valence-electron chi connectivity index (χ4n) is 1.75. The Labute approximate surface area is 105 Å². The third kappa shape index (κ3) is 2.60. The minimum Gasteiger partial charge on any atom is -0.372 e. The van der Waals surface area contributed by atoms with Crippen LogP contribution in [0, 0.1) is 0 Å². The molecule has 0 aliphatic carbocycles. The Hall–Kier alpha value is -1.66. The molecule has 1 aromatic carbocycles. The van der Waals surface area contributed by atoms with E-state index in [9.17, 15) is 18.3 Å². The molecular formula is C12H13NO4S. The molecule has 0 aromatic heterocycles. The molecule has 1 N–H and O–H groups in total. The van der Waals surface area contributed by atoms with Crippen molar-refractivity contribution >= 4 is 22.0 Å². The summed E-state index contributed by atoms with van der Waals surface area (Å²) in [7, 11) is -3.90. The highest BCUT2D eigenvalue weighted by Gasteiger charge is 2.37. The molecule has 6 heteroatoms. The van der Waals surface area contributed by atoms with E-state index >= 15 is 0 Å². The normalized spacial score (nSPS) is 20.8. The van der Waals surface area contributed by atoms with Crippen molar-refractivity contribution in [1.82, 2.24) is 4.31 Å². The van der Waals surface area contributed by atoms with E-state index in [0.717, 1.165) is 5.41 Å². The average Bonchev–Trinajstić information content (AvgIpc) is 2.69. The fraction of sp³-hybridized carbons (Fsp3) is 0.250. The van der Waals surface area contributed by atoms with Gasteiger partial charge in [-0.15, -0.1) is 0 Å². The summed E-state index contributed by atoms with van der Waals surface area (Å²) in [6, 6.07) is 8.87. The highest BCUT2D eigenvalue weighted by Crippen LogP contribution is 2.21. The molecule has 2 rings (SSSR count). The summed E-state index contributed by atoms with van der Waals surface area (Å²) in [5, 5.41) is 10.4. The first kappa shape index (κ1) is 12.8. The fourth-order valence-corrected chi connectivity index (χ4v) is 3.03. The Bertz CT molecular complexity index is 565. The molecule has 0 bridgehead atoms. The Kier molecular flexibility index (Phi) is 3.49. The van der Waals surface area contributed by atoms with Crippen molar-refractivity contribution in [3.8, 4) is 0 Å². The first-order valence-electron chi connectivity index (χ1n) is 5.49. The minimum atomic E-state index is -3.90. The van der Waals surface area contributed by atoms with Gasteiger partial charge in [0.2, 0.25) is 5.91 Å². The largest absolute Gasteiger partial charge is 0.372 e. The zero-order chi connectivity index (χ0) is 13.2. The number of rotatable bonds is 3. The molecule has 1 unspecified atom stereocenters. The summed E-state index contributed by atoms with van der Waals surface area (Å²) in [4.78, 5) is 11.4. The first-order chi connectivity index (χ1) is 8.50. The summed E-state index contributed by atoms with van der Waals surface area (Å²) in [6.45, 7) is 0. The number of amides is 1. The van der Waals surface area contributed by atoms with E-state index < -0.39 is 22.2 Å². The monoisotopic (exact) mass is 267 g/mol. The van der Waals surface area contributed by atoms with E-state index in [-0.39, 0.29) is 12.8 Å². The van der Waals surface area contributed by atoms with Crippen LogP contribution in [-0.2, 0) is 14.8 Å². The summed E-state index contributed by atoms with van der Waals surface area (Å²) in [6.07, 6.45) is 0.354. The predicted octanol–water partition coefficient (Wildman–Crippen LogP) is 0.928. The van der Waals surface area contributed by atoms with Crippen molar-refractivity contribution in [2.45, 2.75) is 19.1 Å². The number of nitrogens with zero attached hydrogens (tertiary/aromatic N) is 1. The van der Waals surface area contributed by atoms with E-state index in [2.05, 4.69) is 0 Å². The van der Waals surface area contributed by atoms with Crippen molar-refractivity contribution in [2.24, 2.45) is 0 Å². The molecule has 1 aliphatic rings. The minimum absolute atomic E-state index is 0.0551. The zero-order valence-electron chi connectivity index (χ0n) is 9.56. The lowest BCUT2D eigenvalue weighted by molar-refractivity contribution is -0.126. The van der Waals surface area contributed by atoms with E-state index in [1.54, 1.807) is 24.3 Å². The van der Waals surface area contributed by atoms with Crippen LogP contribution in [0.4, 0.5) is 0 Å². The molecule has 0 radical (unpaired) electrons.